The number of halogens is 1. The van der Waals surface area contributed by atoms with E-state index in [1.807, 2.05) is 19.1 Å². The number of aryl methyl sites for hydroxylation is 1. The predicted octanol–water partition coefficient (Wildman–Crippen LogP) is 3.63. The summed E-state index contributed by atoms with van der Waals surface area (Å²) in [4.78, 5) is 13.4. The third-order valence-corrected chi connectivity index (χ3v) is 5.96. The summed E-state index contributed by atoms with van der Waals surface area (Å²) in [5, 5.41) is 11.9. The van der Waals surface area contributed by atoms with Crippen LogP contribution < -0.4 is 9.64 Å². The van der Waals surface area contributed by atoms with Crippen LogP contribution in [0.3, 0.4) is 0 Å². The molecule has 1 unspecified atom stereocenters. The number of aliphatic imine (C=N–C) groups is 1. The summed E-state index contributed by atoms with van der Waals surface area (Å²) in [6.07, 6.45) is 0.814. The molecule has 3 heterocycles. The number of fused-ring (bicyclic) bond motifs is 2. The molecule has 160 valence electrons. The lowest BCUT2D eigenvalue weighted by atomic mass is 10.1. The van der Waals surface area contributed by atoms with Crippen molar-refractivity contribution in [1.82, 2.24) is 9.88 Å². The number of pyridine rings is 1. The molecule has 31 heavy (non-hydrogen) atoms. The first-order valence-corrected chi connectivity index (χ1v) is 10.6. The van der Waals surface area contributed by atoms with E-state index in [4.69, 9.17) is 4.74 Å². The monoisotopic (exact) mass is 420 g/mol. The third kappa shape index (κ3) is 3.98. The van der Waals surface area contributed by atoms with Gasteiger partial charge < -0.3 is 14.7 Å². The number of rotatable bonds is 4. The van der Waals surface area contributed by atoms with E-state index in [-0.39, 0.29) is 12.4 Å². The van der Waals surface area contributed by atoms with Crippen LogP contribution in [0, 0.1) is 12.7 Å². The minimum Gasteiger partial charge on any atom is -0.483 e. The average molecular weight is 420 g/mol. The number of piperazine rings is 1. The average Bonchev–Trinajstić information content (AvgIpc) is 2.79. The summed E-state index contributed by atoms with van der Waals surface area (Å²) >= 11 is 0. The fraction of sp³-hybridized carbons (Fsp3) is 0.333. The van der Waals surface area contributed by atoms with Gasteiger partial charge >= 0.3 is 0 Å². The molecule has 2 aliphatic rings. The molecule has 1 atom stereocenters. The minimum absolute atomic E-state index is 0.159. The van der Waals surface area contributed by atoms with E-state index in [9.17, 15) is 9.50 Å². The molecule has 1 saturated heterocycles. The molecule has 3 aromatic rings. The van der Waals surface area contributed by atoms with Gasteiger partial charge in [0, 0.05) is 55.7 Å². The van der Waals surface area contributed by atoms with Crippen molar-refractivity contribution in [1.29, 1.82) is 0 Å². The van der Waals surface area contributed by atoms with Gasteiger partial charge in [0.25, 0.3) is 0 Å². The summed E-state index contributed by atoms with van der Waals surface area (Å²) in [5.74, 6) is -0.320. The largest absolute Gasteiger partial charge is 0.483 e. The lowest BCUT2D eigenvalue weighted by Crippen LogP contribution is -2.47. The summed E-state index contributed by atoms with van der Waals surface area (Å²) in [6, 6.07) is 13.5. The Hall–Kier alpha value is -3.03. The summed E-state index contributed by atoms with van der Waals surface area (Å²) in [7, 11) is 0. The molecule has 6 nitrogen and oxygen atoms in total. The lowest BCUT2D eigenvalue weighted by molar-refractivity contribution is 0.109. The fourth-order valence-electron chi connectivity index (χ4n) is 4.32. The zero-order valence-corrected chi connectivity index (χ0v) is 17.5. The van der Waals surface area contributed by atoms with Crippen molar-refractivity contribution in [2.24, 2.45) is 4.99 Å². The van der Waals surface area contributed by atoms with E-state index in [1.54, 1.807) is 12.3 Å². The molecule has 2 aliphatic heterocycles. The number of nitrogens with zero attached hydrogens (tertiary/aromatic N) is 4. The van der Waals surface area contributed by atoms with Gasteiger partial charge in [0.05, 0.1) is 11.6 Å². The number of β-amino-alcohol motifs (C(OH)–C–C–N with tert-alkyl or cyclic N) is 1. The highest BCUT2D eigenvalue weighted by Crippen LogP contribution is 2.35. The van der Waals surface area contributed by atoms with Gasteiger partial charge in [0.15, 0.2) is 11.6 Å². The Labute approximate surface area is 180 Å². The number of hydrogen-bond donors (Lipinski definition) is 1. The molecule has 1 aromatic heterocycles. The second kappa shape index (κ2) is 8.24. The molecule has 0 saturated carbocycles. The number of aliphatic hydroxyl groups is 1. The molecule has 0 radical (unpaired) electrons. The Morgan fingerprint density at radius 1 is 1.13 bits per heavy atom. The lowest BCUT2D eigenvalue weighted by Gasteiger charge is -2.37. The predicted molar refractivity (Wildman–Crippen MR) is 120 cm³/mol. The van der Waals surface area contributed by atoms with Crippen molar-refractivity contribution < 1.29 is 14.2 Å². The van der Waals surface area contributed by atoms with Crippen LogP contribution in [-0.2, 0) is 0 Å². The first-order chi connectivity index (χ1) is 15.1. The SMILES string of the molecule is Cc1ccc2c(N3CCN(CC(O)c4cc(F)c5c(c4)N=CCO5)CC3)cccc2n1. The van der Waals surface area contributed by atoms with Crippen LogP contribution >= 0.6 is 0 Å². The molecule has 0 spiro atoms. The number of aliphatic hydroxyl groups excluding tert-OH is 1. The second-order valence-electron chi connectivity index (χ2n) is 8.07. The van der Waals surface area contributed by atoms with E-state index in [0.29, 0.717) is 17.8 Å². The van der Waals surface area contributed by atoms with Crippen LogP contribution in [0.15, 0.2) is 47.5 Å². The number of aromatic nitrogens is 1. The molecule has 2 aromatic carbocycles. The van der Waals surface area contributed by atoms with Crippen LogP contribution in [-0.4, -0.2) is 60.5 Å². The normalized spacial score (nSPS) is 17.5. The number of anilines is 1. The Morgan fingerprint density at radius 3 is 2.81 bits per heavy atom. The van der Waals surface area contributed by atoms with Crippen molar-refractivity contribution in [2.75, 3.05) is 44.2 Å². The number of benzene rings is 2. The third-order valence-electron chi connectivity index (χ3n) is 5.96. The summed E-state index contributed by atoms with van der Waals surface area (Å²) < 4.78 is 19.6. The van der Waals surface area contributed by atoms with Crippen LogP contribution in [0.2, 0.25) is 0 Å². The van der Waals surface area contributed by atoms with E-state index in [1.165, 1.54) is 11.8 Å². The van der Waals surface area contributed by atoms with E-state index >= 15 is 0 Å². The van der Waals surface area contributed by atoms with Gasteiger partial charge in [0.2, 0.25) is 0 Å². The van der Waals surface area contributed by atoms with Gasteiger partial charge in [-0.3, -0.25) is 14.9 Å². The Balaban J connectivity index is 1.26. The van der Waals surface area contributed by atoms with Crippen LogP contribution in [0.1, 0.15) is 17.4 Å². The Morgan fingerprint density at radius 2 is 1.97 bits per heavy atom. The number of hydrogen-bond acceptors (Lipinski definition) is 6. The van der Waals surface area contributed by atoms with Crippen LogP contribution in [0.4, 0.5) is 15.8 Å². The zero-order valence-electron chi connectivity index (χ0n) is 17.5. The maximum atomic E-state index is 14.3. The van der Waals surface area contributed by atoms with E-state index < -0.39 is 11.9 Å². The molecule has 0 bridgehead atoms. The second-order valence-corrected chi connectivity index (χ2v) is 8.07. The quantitative estimate of drug-likeness (QED) is 0.698. The standard InChI is InChI=1S/C24H25FN4O2/c1-16-5-6-18-20(27-16)3-2-4-22(18)29-10-8-28(9-11-29)15-23(30)17-13-19(25)24-21(14-17)26-7-12-31-24/h2-7,13-14,23,30H,8-12,15H2,1H3. The molecular formula is C24H25FN4O2. The highest BCUT2D eigenvalue weighted by atomic mass is 19.1. The highest BCUT2D eigenvalue weighted by molar-refractivity contribution is 5.92. The molecule has 0 amide bonds. The first kappa shape index (κ1) is 19.9. The number of ether oxygens (including phenoxy) is 1. The van der Waals surface area contributed by atoms with Crippen molar-refractivity contribution in [3.63, 3.8) is 0 Å². The van der Waals surface area contributed by atoms with Gasteiger partial charge in [0.1, 0.15) is 12.3 Å². The van der Waals surface area contributed by atoms with Crippen molar-refractivity contribution in [3.8, 4) is 5.75 Å². The van der Waals surface area contributed by atoms with E-state index in [0.717, 1.165) is 42.8 Å². The van der Waals surface area contributed by atoms with Gasteiger partial charge in [-0.1, -0.05) is 6.07 Å². The smallest absolute Gasteiger partial charge is 0.181 e. The molecular weight excluding hydrogens is 395 g/mol. The van der Waals surface area contributed by atoms with Crippen molar-refractivity contribution >= 4 is 28.5 Å². The van der Waals surface area contributed by atoms with Gasteiger partial charge in [-0.15, -0.1) is 0 Å². The van der Waals surface area contributed by atoms with Gasteiger partial charge in [-0.05, 0) is 48.9 Å². The van der Waals surface area contributed by atoms with Gasteiger partial charge in [-0.2, -0.15) is 0 Å². The Kier molecular flexibility index (Phi) is 5.29. The molecule has 1 N–H and O–H groups in total. The summed E-state index contributed by atoms with van der Waals surface area (Å²) in [5.41, 5.74) is 4.18. The van der Waals surface area contributed by atoms with Crippen molar-refractivity contribution in [2.45, 2.75) is 13.0 Å². The van der Waals surface area contributed by atoms with E-state index in [2.05, 4.69) is 38.0 Å². The molecule has 5 rings (SSSR count). The first-order valence-electron chi connectivity index (χ1n) is 10.6. The minimum atomic E-state index is -0.784. The van der Waals surface area contributed by atoms with Crippen LogP contribution in [0.5, 0.6) is 5.75 Å². The van der Waals surface area contributed by atoms with Crippen LogP contribution in [0.25, 0.3) is 10.9 Å². The highest BCUT2D eigenvalue weighted by Gasteiger charge is 2.23. The summed E-state index contributed by atoms with van der Waals surface area (Å²) in [6.45, 7) is 6.08. The zero-order chi connectivity index (χ0) is 21.4. The fourth-order valence-corrected chi connectivity index (χ4v) is 4.32. The maximum absolute atomic E-state index is 14.3. The molecule has 7 heteroatoms. The molecule has 1 fully saturated rings. The maximum Gasteiger partial charge on any atom is 0.181 e. The Bertz CT molecular complexity index is 1140. The molecule has 0 aliphatic carbocycles. The van der Waals surface area contributed by atoms with Crippen molar-refractivity contribution in [3.05, 3.63) is 59.5 Å². The topological polar surface area (TPSA) is 61.2 Å². The van der Waals surface area contributed by atoms with Gasteiger partial charge in [-0.25, -0.2) is 4.39 Å².